The van der Waals surface area contributed by atoms with Crippen LogP contribution in [0.4, 0.5) is 14.6 Å². The summed E-state index contributed by atoms with van der Waals surface area (Å²) in [5.41, 5.74) is 2.90. The highest BCUT2D eigenvalue weighted by molar-refractivity contribution is 7.90. The molecule has 1 aliphatic rings. The molecule has 1 aromatic carbocycles. The fraction of sp³-hybridized carbons (Fsp3) is 0.241. The number of phenols is 1. The molecule has 5 rings (SSSR count). The first-order chi connectivity index (χ1) is 21.2. The number of sulfone groups is 1. The summed E-state index contributed by atoms with van der Waals surface area (Å²) < 4.78 is 57.2. The maximum absolute atomic E-state index is 15.9. The van der Waals surface area contributed by atoms with Gasteiger partial charge in [0, 0.05) is 38.5 Å². The van der Waals surface area contributed by atoms with E-state index in [-0.39, 0.29) is 54.2 Å². The van der Waals surface area contributed by atoms with E-state index in [2.05, 4.69) is 21.5 Å². The van der Waals surface area contributed by atoms with Gasteiger partial charge >= 0.3 is 5.69 Å². The van der Waals surface area contributed by atoms with Gasteiger partial charge in [-0.25, -0.2) is 36.5 Å². The van der Waals surface area contributed by atoms with Crippen LogP contribution in [-0.4, -0.2) is 81.7 Å². The molecule has 234 valence electrons. The molecule has 1 saturated heterocycles. The number of benzene rings is 1. The molecule has 0 bridgehead atoms. The number of fused-ring (bicyclic) bond motifs is 1. The number of primary amides is 1. The van der Waals surface area contributed by atoms with Crippen LogP contribution in [-0.2, 0) is 19.4 Å². The van der Waals surface area contributed by atoms with E-state index >= 15 is 4.39 Å². The molecular formula is C29H27F2N7O6S. The average molecular weight is 640 g/mol. The normalized spacial score (nSPS) is 15.3. The third kappa shape index (κ3) is 5.71. The molecule has 1 fully saturated rings. The number of amides is 2. The number of aromatic nitrogens is 4. The maximum Gasteiger partial charge on any atom is 0.355 e. The number of carbonyl (C=O) groups excluding carboxylic acids is 2. The molecule has 2 amide bonds. The molecule has 3 N–H and O–H groups in total. The maximum atomic E-state index is 15.9. The van der Waals surface area contributed by atoms with E-state index in [9.17, 15) is 32.3 Å². The Morgan fingerprint density at radius 1 is 1.18 bits per heavy atom. The number of phenolic OH excluding ortho intramolecular Hbond substituents is 1. The van der Waals surface area contributed by atoms with Gasteiger partial charge in [0.1, 0.15) is 23.1 Å². The number of nitrogens with zero attached hydrogens (tertiary/aromatic N) is 6. The summed E-state index contributed by atoms with van der Waals surface area (Å²) in [6, 6.07) is 4.88. The SMILES string of the molecule is C=CC(=O)N1CCN(c2nc(=O)n(-c3c(C)ccnc3S(C)(=O)=O)c3nc(-c4c(O)cccc4F)c(F)cc23)[C@H](CC(N)=O)C1. The Hall–Kier alpha value is -5.25. The topological polar surface area (TPSA) is 182 Å². The molecule has 3 aromatic heterocycles. The van der Waals surface area contributed by atoms with Crippen LogP contribution in [0.25, 0.3) is 28.0 Å². The monoisotopic (exact) mass is 639 g/mol. The summed E-state index contributed by atoms with van der Waals surface area (Å²) in [5, 5.41) is 9.82. The fourth-order valence-corrected chi connectivity index (χ4v) is 6.24. The molecule has 45 heavy (non-hydrogen) atoms. The Morgan fingerprint density at radius 3 is 2.56 bits per heavy atom. The van der Waals surface area contributed by atoms with Crippen molar-refractivity contribution in [3.05, 3.63) is 76.9 Å². The number of carbonyl (C=O) groups is 2. The number of piperazine rings is 1. The zero-order chi connectivity index (χ0) is 32.8. The van der Waals surface area contributed by atoms with Gasteiger partial charge in [0.25, 0.3) is 0 Å². The van der Waals surface area contributed by atoms with Crippen LogP contribution < -0.4 is 16.3 Å². The van der Waals surface area contributed by atoms with Crippen LogP contribution in [0.5, 0.6) is 5.75 Å². The van der Waals surface area contributed by atoms with Crippen molar-refractivity contribution in [3.63, 3.8) is 0 Å². The van der Waals surface area contributed by atoms with Crippen LogP contribution in [0, 0.1) is 18.6 Å². The van der Waals surface area contributed by atoms with E-state index in [1.54, 1.807) is 0 Å². The van der Waals surface area contributed by atoms with Crippen LogP contribution in [0.3, 0.4) is 0 Å². The van der Waals surface area contributed by atoms with Gasteiger partial charge in [-0.3, -0.25) is 9.59 Å². The standard InChI is InChI=1S/C29H27F2N7O6S/c1-4-22(41)36-10-11-37(16(14-36)12-21(32)40)26-17-13-19(31)24(23-18(30)6-5-7-20(23)39)34-27(17)38(29(42)35-26)25-15(2)8-9-33-28(25)45(3,43)44/h4-9,13,16,39H,1,10-12,14H2,2-3H3,(H2,32,40)/t16-/m1/s1. The van der Waals surface area contributed by atoms with Crippen molar-refractivity contribution < 1.29 is 31.9 Å². The van der Waals surface area contributed by atoms with E-state index in [4.69, 9.17) is 5.73 Å². The molecule has 0 aliphatic carbocycles. The summed E-state index contributed by atoms with van der Waals surface area (Å²) in [5.74, 6) is -4.01. The molecule has 0 radical (unpaired) electrons. The van der Waals surface area contributed by atoms with Crippen LogP contribution in [0.15, 0.2) is 59.0 Å². The summed E-state index contributed by atoms with van der Waals surface area (Å²) in [7, 11) is -4.05. The van der Waals surface area contributed by atoms with Crippen LogP contribution in [0.2, 0.25) is 0 Å². The molecule has 4 heterocycles. The lowest BCUT2D eigenvalue weighted by Gasteiger charge is -2.41. The van der Waals surface area contributed by atoms with Crippen molar-refractivity contribution in [3.8, 4) is 22.7 Å². The zero-order valence-corrected chi connectivity index (χ0v) is 24.9. The molecule has 0 saturated carbocycles. The van der Waals surface area contributed by atoms with Crippen LogP contribution in [0.1, 0.15) is 12.0 Å². The molecule has 0 unspecified atom stereocenters. The first-order valence-electron chi connectivity index (χ1n) is 13.5. The minimum absolute atomic E-state index is 0.0168. The second-order valence-electron chi connectivity index (χ2n) is 10.4. The Kier molecular flexibility index (Phi) is 8.10. The van der Waals surface area contributed by atoms with Gasteiger partial charge in [0.2, 0.25) is 11.8 Å². The molecule has 1 aliphatic heterocycles. The number of rotatable bonds is 7. The highest BCUT2D eigenvalue weighted by Gasteiger charge is 2.34. The third-order valence-electron chi connectivity index (χ3n) is 7.37. The smallest absolute Gasteiger partial charge is 0.355 e. The number of aryl methyl sites for hydroxylation is 1. The zero-order valence-electron chi connectivity index (χ0n) is 24.1. The number of hydrogen-bond acceptors (Lipinski definition) is 10. The fourth-order valence-electron chi connectivity index (χ4n) is 5.39. The summed E-state index contributed by atoms with van der Waals surface area (Å²) in [4.78, 5) is 53.7. The van der Waals surface area contributed by atoms with Gasteiger partial charge in [0.15, 0.2) is 26.3 Å². The number of halogens is 2. The van der Waals surface area contributed by atoms with E-state index in [0.29, 0.717) is 0 Å². The quantitative estimate of drug-likeness (QED) is 0.282. The summed E-state index contributed by atoms with van der Waals surface area (Å²) in [6.45, 7) is 5.13. The first kappa shape index (κ1) is 31.2. The minimum Gasteiger partial charge on any atom is -0.507 e. The van der Waals surface area contributed by atoms with E-state index in [1.165, 1.54) is 35.1 Å². The average Bonchev–Trinajstić information content (AvgIpc) is 2.96. The predicted octanol–water partition coefficient (Wildman–Crippen LogP) is 1.62. The van der Waals surface area contributed by atoms with Crippen molar-refractivity contribution in [2.24, 2.45) is 5.73 Å². The Morgan fingerprint density at radius 2 is 1.91 bits per heavy atom. The van der Waals surface area contributed by atoms with Gasteiger partial charge < -0.3 is 20.6 Å². The van der Waals surface area contributed by atoms with E-state index < -0.39 is 67.1 Å². The van der Waals surface area contributed by atoms with Crippen molar-refractivity contribution in [2.75, 3.05) is 30.8 Å². The van der Waals surface area contributed by atoms with Crippen molar-refractivity contribution in [1.82, 2.24) is 24.4 Å². The minimum atomic E-state index is -4.05. The van der Waals surface area contributed by atoms with Gasteiger partial charge in [-0.1, -0.05) is 12.6 Å². The second-order valence-corrected chi connectivity index (χ2v) is 12.4. The lowest BCUT2D eigenvalue weighted by atomic mass is 10.1. The van der Waals surface area contributed by atoms with Gasteiger partial charge in [0.05, 0.1) is 22.7 Å². The summed E-state index contributed by atoms with van der Waals surface area (Å²) >= 11 is 0. The number of nitrogens with two attached hydrogens (primary N) is 1. The van der Waals surface area contributed by atoms with Gasteiger partial charge in [-0.05, 0) is 42.8 Å². The first-order valence-corrected chi connectivity index (χ1v) is 15.4. The molecule has 0 spiro atoms. The molecular weight excluding hydrogens is 612 g/mol. The Labute approximate surface area is 255 Å². The van der Waals surface area contributed by atoms with Crippen molar-refractivity contribution in [1.29, 1.82) is 0 Å². The Balaban J connectivity index is 1.88. The molecule has 4 aromatic rings. The number of hydrogen-bond donors (Lipinski definition) is 2. The molecule has 16 heteroatoms. The van der Waals surface area contributed by atoms with Crippen LogP contribution >= 0.6 is 0 Å². The predicted molar refractivity (Wildman–Crippen MR) is 160 cm³/mol. The van der Waals surface area contributed by atoms with Crippen molar-refractivity contribution >= 4 is 38.5 Å². The lowest BCUT2D eigenvalue weighted by molar-refractivity contribution is -0.127. The molecule has 13 nitrogen and oxygen atoms in total. The number of aromatic hydroxyl groups is 1. The van der Waals surface area contributed by atoms with Crippen molar-refractivity contribution in [2.45, 2.75) is 24.4 Å². The van der Waals surface area contributed by atoms with Gasteiger partial charge in [-0.15, -0.1) is 0 Å². The highest BCUT2D eigenvalue weighted by Crippen LogP contribution is 2.36. The number of anilines is 1. The van der Waals surface area contributed by atoms with E-state index in [1.807, 2.05) is 0 Å². The van der Waals surface area contributed by atoms with Gasteiger partial charge in [-0.2, -0.15) is 4.98 Å². The lowest BCUT2D eigenvalue weighted by Crippen LogP contribution is -2.56. The van der Waals surface area contributed by atoms with E-state index in [0.717, 1.165) is 35.1 Å². The summed E-state index contributed by atoms with van der Waals surface area (Å²) in [6.07, 6.45) is 2.96. The largest absolute Gasteiger partial charge is 0.507 e. The second kappa shape index (κ2) is 11.7. The third-order valence-corrected chi connectivity index (χ3v) is 8.38. The molecule has 1 atom stereocenters. The number of pyridine rings is 2. The highest BCUT2D eigenvalue weighted by atomic mass is 32.2. The Bertz CT molecular complexity index is 2050.